The molecule has 0 saturated carbocycles. The van der Waals surface area contributed by atoms with Crippen LogP contribution in [0.1, 0.15) is 87.0 Å². The number of aryl methyl sites for hydroxylation is 1. The molecule has 4 rings (SSSR count). The van der Waals surface area contributed by atoms with E-state index in [-0.39, 0.29) is 36.1 Å². The predicted molar refractivity (Wildman–Crippen MR) is 163 cm³/mol. The summed E-state index contributed by atoms with van der Waals surface area (Å²) in [6, 6.07) is 19.0. The first-order chi connectivity index (χ1) is 19.5. The lowest BCUT2D eigenvalue weighted by Gasteiger charge is -2.30. The number of hydrogen-bond donors (Lipinski definition) is 0. The Balaban J connectivity index is 1.46. The summed E-state index contributed by atoms with van der Waals surface area (Å²) in [5.41, 5.74) is 4.72. The maximum atomic E-state index is 13.1. The molecule has 0 radical (unpaired) electrons. The van der Waals surface area contributed by atoms with Gasteiger partial charge in [-0.2, -0.15) is 0 Å². The normalized spacial score (nSPS) is 12.0. The molecule has 0 spiro atoms. The molecule has 1 heterocycles. The smallest absolute Gasteiger partial charge is 0.338 e. The molecule has 0 atom stereocenters. The van der Waals surface area contributed by atoms with Gasteiger partial charge in [-0.3, -0.25) is 4.79 Å². The molecule has 0 saturated heterocycles. The molecule has 0 unspecified atom stereocenters. The van der Waals surface area contributed by atoms with Crippen molar-refractivity contribution in [2.75, 3.05) is 13.2 Å². The van der Waals surface area contributed by atoms with Crippen LogP contribution in [0.15, 0.2) is 65.5 Å². The molecule has 41 heavy (non-hydrogen) atoms. The van der Waals surface area contributed by atoms with Crippen molar-refractivity contribution < 1.29 is 14.3 Å². The van der Waals surface area contributed by atoms with Crippen LogP contribution < -0.4 is 10.3 Å². The predicted octanol–water partition coefficient (Wildman–Crippen LogP) is 6.76. The lowest BCUT2D eigenvalue weighted by Crippen LogP contribution is -2.26. The summed E-state index contributed by atoms with van der Waals surface area (Å²) in [5.74, 6) is 0.337. The molecular weight excluding hydrogens is 514 g/mol. The van der Waals surface area contributed by atoms with E-state index in [1.807, 2.05) is 25.1 Å². The van der Waals surface area contributed by atoms with Crippen LogP contribution in [0.25, 0.3) is 10.9 Å². The number of ether oxygens (including phenoxy) is 2. The summed E-state index contributed by atoms with van der Waals surface area (Å²) < 4.78 is 13.0. The molecule has 4 aromatic rings. The number of carbonyl (C=O) groups excluding carboxylic acids is 1. The second-order valence-corrected chi connectivity index (χ2v) is 11.9. The third-order valence-electron chi connectivity index (χ3n) is 8.27. The third-order valence-corrected chi connectivity index (χ3v) is 8.27. The Hall–Kier alpha value is -4.00. The van der Waals surface area contributed by atoms with Crippen LogP contribution in [-0.4, -0.2) is 34.2 Å². The number of nitrogens with zero attached hydrogens (tertiary/aromatic N) is 3. The van der Waals surface area contributed by atoms with Gasteiger partial charge in [-0.25, -0.2) is 9.48 Å². The topological polar surface area (TPSA) is 83.3 Å². The average molecular weight is 556 g/mol. The lowest BCUT2D eigenvalue weighted by molar-refractivity contribution is 0.0447. The van der Waals surface area contributed by atoms with Crippen LogP contribution in [0.4, 0.5) is 0 Å². The zero-order valence-corrected chi connectivity index (χ0v) is 25.3. The van der Waals surface area contributed by atoms with Gasteiger partial charge < -0.3 is 9.47 Å². The van der Waals surface area contributed by atoms with E-state index in [1.54, 1.807) is 30.3 Å². The molecule has 0 fully saturated rings. The minimum atomic E-state index is -0.476. The van der Waals surface area contributed by atoms with Gasteiger partial charge in [0.15, 0.2) is 0 Å². The van der Waals surface area contributed by atoms with Crippen LogP contribution >= 0.6 is 0 Å². The minimum Gasteiger partial charge on any atom is -0.490 e. The fraction of sp³-hybridized carbons (Fsp3) is 0.412. The summed E-state index contributed by atoms with van der Waals surface area (Å²) in [5, 5.41) is 8.76. The molecule has 0 N–H and O–H groups in total. The van der Waals surface area contributed by atoms with Crippen LogP contribution in [0.2, 0.25) is 0 Å². The van der Waals surface area contributed by atoms with E-state index in [2.05, 4.69) is 64.0 Å². The van der Waals surface area contributed by atoms with E-state index in [0.29, 0.717) is 22.0 Å². The van der Waals surface area contributed by atoms with Gasteiger partial charge in [0, 0.05) is 5.56 Å². The Bertz CT molecular complexity index is 1600. The molecule has 7 nitrogen and oxygen atoms in total. The van der Waals surface area contributed by atoms with Crippen molar-refractivity contribution >= 4 is 16.9 Å². The zero-order chi connectivity index (χ0) is 29.8. The molecule has 7 heteroatoms. The number of rotatable bonds is 11. The Kier molecular flexibility index (Phi) is 8.95. The van der Waals surface area contributed by atoms with E-state index in [4.69, 9.17) is 9.47 Å². The second kappa shape index (κ2) is 12.2. The first-order valence-electron chi connectivity index (χ1n) is 14.3. The largest absolute Gasteiger partial charge is 0.490 e. The molecule has 0 aliphatic rings. The molecule has 0 aliphatic heterocycles. The Labute approximate surface area is 242 Å². The number of benzene rings is 3. The van der Waals surface area contributed by atoms with Crippen molar-refractivity contribution in [3.05, 3.63) is 98.8 Å². The average Bonchev–Trinajstić information content (AvgIpc) is 2.97. The highest BCUT2D eigenvalue weighted by atomic mass is 16.6. The molecule has 0 aliphatic carbocycles. The van der Waals surface area contributed by atoms with Crippen molar-refractivity contribution in [2.24, 2.45) is 0 Å². The maximum Gasteiger partial charge on any atom is 0.338 e. The van der Waals surface area contributed by atoms with Gasteiger partial charge in [0.25, 0.3) is 5.56 Å². The van der Waals surface area contributed by atoms with Crippen molar-refractivity contribution in [3.63, 3.8) is 0 Å². The Morgan fingerprint density at radius 3 is 2.37 bits per heavy atom. The molecule has 0 amide bonds. The van der Waals surface area contributed by atoms with Gasteiger partial charge in [0.1, 0.15) is 24.5 Å². The van der Waals surface area contributed by atoms with Crippen molar-refractivity contribution in [1.29, 1.82) is 0 Å². The van der Waals surface area contributed by atoms with Crippen molar-refractivity contribution in [2.45, 2.75) is 78.7 Å². The van der Waals surface area contributed by atoms with Gasteiger partial charge in [0.05, 0.1) is 17.5 Å². The highest BCUT2D eigenvalue weighted by Gasteiger charge is 2.26. The fourth-order valence-corrected chi connectivity index (χ4v) is 4.68. The van der Waals surface area contributed by atoms with Crippen LogP contribution in [-0.2, 0) is 22.1 Å². The number of carbonyl (C=O) groups is 1. The Morgan fingerprint density at radius 2 is 1.63 bits per heavy atom. The van der Waals surface area contributed by atoms with Gasteiger partial charge in [-0.15, -0.1) is 5.10 Å². The summed E-state index contributed by atoms with van der Waals surface area (Å²) in [7, 11) is 0. The number of esters is 1. The van der Waals surface area contributed by atoms with Gasteiger partial charge >= 0.3 is 5.97 Å². The second-order valence-electron chi connectivity index (χ2n) is 11.9. The van der Waals surface area contributed by atoms with Gasteiger partial charge in [-0.1, -0.05) is 88.7 Å². The first kappa shape index (κ1) is 30.0. The van der Waals surface area contributed by atoms with Gasteiger partial charge in [0.2, 0.25) is 0 Å². The fourth-order valence-electron chi connectivity index (χ4n) is 4.68. The summed E-state index contributed by atoms with van der Waals surface area (Å²) in [6.45, 7) is 15.7. The maximum absolute atomic E-state index is 13.1. The monoisotopic (exact) mass is 555 g/mol. The minimum absolute atomic E-state index is 0.0623. The van der Waals surface area contributed by atoms with Crippen LogP contribution in [0.3, 0.4) is 0 Å². The molecule has 1 aromatic heterocycles. The molecule has 216 valence electrons. The molecule has 0 bridgehead atoms. The first-order valence-corrected chi connectivity index (χ1v) is 14.3. The number of fused-ring (bicyclic) bond motifs is 1. The van der Waals surface area contributed by atoms with Crippen molar-refractivity contribution in [1.82, 2.24) is 15.0 Å². The SMILES string of the molecule is CCC(C)(C)c1ccc(OCCOC(=O)c2ccccc2Cn2nnc3ccc(C)cc3c2=O)c(C(C)(C)CC)c1. The zero-order valence-electron chi connectivity index (χ0n) is 25.3. The Morgan fingerprint density at radius 1 is 0.902 bits per heavy atom. The third kappa shape index (κ3) is 6.67. The highest BCUT2D eigenvalue weighted by Crippen LogP contribution is 2.38. The van der Waals surface area contributed by atoms with Crippen LogP contribution in [0, 0.1) is 6.92 Å². The van der Waals surface area contributed by atoms with Crippen molar-refractivity contribution in [3.8, 4) is 5.75 Å². The molecular formula is C34H41N3O4. The summed E-state index contributed by atoms with van der Waals surface area (Å²) in [4.78, 5) is 26.1. The summed E-state index contributed by atoms with van der Waals surface area (Å²) >= 11 is 0. The highest BCUT2D eigenvalue weighted by molar-refractivity contribution is 5.91. The van der Waals surface area contributed by atoms with E-state index in [9.17, 15) is 9.59 Å². The summed E-state index contributed by atoms with van der Waals surface area (Å²) in [6.07, 6.45) is 2.01. The van der Waals surface area contributed by atoms with Crippen LogP contribution in [0.5, 0.6) is 5.75 Å². The lowest BCUT2D eigenvalue weighted by atomic mass is 9.76. The van der Waals surface area contributed by atoms with E-state index in [1.165, 1.54) is 10.2 Å². The van der Waals surface area contributed by atoms with E-state index < -0.39 is 5.97 Å². The number of aromatic nitrogens is 3. The quantitative estimate of drug-likeness (QED) is 0.150. The van der Waals surface area contributed by atoms with E-state index in [0.717, 1.165) is 29.7 Å². The van der Waals surface area contributed by atoms with Gasteiger partial charge in [-0.05, 0) is 66.0 Å². The van der Waals surface area contributed by atoms with E-state index >= 15 is 0 Å². The standard InChI is InChI=1S/C34H41N3O4/c1-8-33(4,5)25-15-17-30(28(21-25)34(6,7)9-2)40-18-19-41-32(39)26-13-11-10-12-24(26)22-37-31(38)27-20-23(3)14-16-29(27)35-36-37/h10-17,20-21H,8-9,18-19,22H2,1-7H3. The molecule has 3 aromatic carbocycles. The number of hydrogen-bond acceptors (Lipinski definition) is 6.